The number of likely N-dealkylation sites (N-methyl/N-ethyl adjacent to an activating group) is 1. The van der Waals surface area contributed by atoms with Crippen molar-refractivity contribution in [2.75, 3.05) is 18.0 Å². The van der Waals surface area contributed by atoms with Crippen molar-refractivity contribution < 1.29 is 4.39 Å². The Morgan fingerprint density at radius 1 is 1.35 bits per heavy atom. The van der Waals surface area contributed by atoms with E-state index in [0.717, 1.165) is 18.8 Å². The Morgan fingerprint density at radius 3 is 2.41 bits per heavy atom. The van der Waals surface area contributed by atoms with Crippen LogP contribution >= 0.6 is 0 Å². The third-order valence-corrected chi connectivity index (χ3v) is 3.62. The zero-order valence-corrected chi connectivity index (χ0v) is 10.6. The number of nitrogens with two attached hydrogens (primary N) is 1. The maximum absolute atomic E-state index is 12.9. The first kappa shape index (κ1) is 12.4. The monoisotopic (exact) mass is 236 g/mol. The first-order chi connectivity index (χ1) is 8.03. The van der Waals surface area contributed by atoms with Crippen LogP contribution in [-0.4, -0.2) is 18.6 Å². The number of rotatable bonds is 5. The van der Waals surface area contributed by atoms with Gasteiger partial charge in [0, 0.05) is 24.3 Å². The van der Waals surface area contributed by atoms with Crippen LogP contribution in [0.5, 0.6) is 0 Å². The lowest BCUT2D eigenvalue weighted by atomic mass is 9.96. The van der Waals surface area contributed by atoms with Gasteiger partial charge < -0.3 is 10.6 Å². The molecule has 1 saturated carbocycles. The standard InChI is InChI=1S/C14H21FN2/c1-3-17(10-14(2,16)11-4-5-11)13-8-6-12(15)7-9-13/h6-9,11H,3-5,10,16H2,1-2H3. The van der Waals surface area contributed by atoms with Gasteiger partial charge in [0.05, 0.1) is 0 Å². The summed E-state index contributed by atoms with van der Waals surface area (Å²) in [6.45, 7) is 5.95. The van der Waals surface area contributed by atoms with Crippen molar-refractivity contribution in [1.82, 2.24) is 0 Å². The highest BCUT2D eigenvalue weighted by atomic mass is 19.1. The Morgan fingerprint density at radius 2 is 1.94 bits per heavy atom. The minimum Gasteiger partial charge on any atom is -0.370 e. The fraction of sp³-hybridized carbons (Fsp3) is 0.571. The van der Waals surface area contributed by atoms with Crippen LogP contribution in [0.1, 0.15) is 26.7 Å². The lowest BCUT2D eigenvalue weighted by molar-refractivity contribution is 0.407. The SMILES string of the molecule is CCN(CC(C)(N)C1CC1)c1ccc(F)cc1. The van der Waals surface area contributed by atoms with Crippen LogP contribution in [0.3, 0.4) is 0 Å². The van der Waals surface area contributed by atoms with Gasteiger partial charge >= 0.3 is 0 Å². The van der Waals surface area contributed by atoms with Crippen molar-refractivity contribution in [3.8, 4) is 0 Å². The molecule has 1 aliphatic rings. The molecule has 17 heavy (non-hydrogen) atoms. The summed E-state index contributed by atoms with van der Waals surface area (Å²) < 4.78 is 12.9. The van der Waals surface area contributed by atoms with Crippen LogP contribution in [0, 0.1) is 11.7 Å². The summed E-state index contributed by atoms with van der Waals surface area (Å²) in [6.07, 6.45) is 2.49. The van der Waals surface area contributed by atoms with Crippen molar-refractivity contribution >= 4 is 5.69 Å². The zero-order chi connectivity index (χ0) is 12.5. The van der Waals surface area contributed by atoms with Crippen molar-refractivity contribution in [3.05, 3.63) is 30.1 Å². The molecule has 0 bridgehead atoms. The molecule has 1 aromatic carbocycles. The molecule has 2 nitrogen and oxygen atoms in total. The molecule has 2 N–H and O–H groups in total. The molecule has 94 valence electrons. The largest absolute Gasteiger partial charge is 0.370 e. The third-order valence-electron chi connectivity index (χ3n) is 3.62. The second-order valence-electron chi connectivity index (χ2n) is 5.27. The van der Waals surface area contributed by atoms with Crippen LogP contribution in [-0.2, 0) is 0 Å². The number of benzene rings is 1. The highest BCUT2D eigenvalue weighted by Gasteiger charge is 2.39. The van der Waals surface area contributed by atoms with Crippen LogP contribution in [0.4, 0.5) is 10.1 Å². The Bertz CT molecular complexity index is 368. The van der Waals surface area contributed by atoms with Gasteiger partial charge in [0.1, 0.15) is 5.82 Å². The molecule has 2 rings (SSSR count). The van der Waals surface area contributed by atoms with E-state index in [4.69, 9.17) is 5.73 Å². The van der Waals surface area contributed by atoms with Crippen LogP contribution < -0.4 is 10.6 Å². The Hall–Kier alpha value is -1.09. The Labute approximate surface area is 103 Å². The van der Waals surface area contributed by atoms with Crippen LogP contribution in [0.25, 0.3) is 0 Å². The Kier molecular flexibility index (Phi) is 3.38. The van der Waals surface area contributed by atoms with E-state index in [-0.39, 0.29) is 11.4 Å². The predicted octanol–water partition coefficient (Wildman–Crippen LogP) is 2.78. The smallest absolute Gasteiger partial charge is 0.123 e. The summed E-state index contributed by atoms with van der Waals surface area (Å²) in [7, 11) is 0. The first-order valence-electron chi connectivity index (χ1n) is 6.32. The van der Waals surface area contributed by atoms with E-state index in [1.54, 1.807) is 0 Å². The van der Waals surface area contributed by atoms with E-state index in [2.05, 4.69) is 18.7 Å². The van der Waals surface area contributed by atoms with Gasteiger partial charge in [0.25, 0.3) is 0 Å². The lowest BCUT2D eigenvalue weighted by Gasteiger charge is -2.33. The summed E-state index contributed by atoms with van der Waals surface area (Å²) in [5, 5.41) is 0. The maximum Gasteiger partial charge on any atom is 0.123 e. The van der Waals surface area contributed by atoms with Crippen molar-refractivity contribution in [2.24, 2.45) is 11.7 Å². The van der Waals surface area contributed by atoms with E-state index >= 15 is 0 Å². The first-order valence-corrected chi connectivity index (χ1v) is 6.32. The second-order valence-corrected chi connectivity index (χ2v) is 5.27. The van der Waals surface area contributed by atoms with Crippen molar-refractivity contribution in [3.63, 3.8) is 0 Å². The molecule has 1 aliphatic carbocycles. The molecule has 0 aliphatic heterocycles. The van der Waals surface area contributed by atoms with E-state index in [0.29, 0.717) is 5.92 Å². The van der Waals surface area contributed by atoms with Crippen molar-refractivity contribution in [2.45, 2.75) is 32.2 Å². The van der Waals surface area contributed by atoms with Crippen molar-refractivity contribution in [1.29, 1.82) is 0 Å². The molecular weight excluding hydrogens is 215 g/mol. The molecule has 1 fully saturated rings. The van der Waals surface area contributed by atoms with E-state index < -0.39 is 0 Å². The number of anilines is 1. The minimum absolute atomic E-state index is 0.135. The van der Waals surface area contributed by atoms with Gasteiger partial charge in [-0.1, -0.05) is 0 Å². The summed E-state index contributed by atoms with van der Waals surface area (Å²) in [5.41, 5.74) is 7.26. The van der Waals surface area contributed by atoms with Crippen LogP contribution in [0.15, 0.2) is 24.3 Å². The summed E-state index contributed by atoms with van der Waals surface area (Å²) in [5.74, 6) is 0.458. The number of nitrogens with zero attached hydrogens (tertiary/aromatic N) is 1. The molecular formula is C14H21FN2. The quantitative estimate of drug-likeness (QED) is 0.851. The molecule has 1 aromatic rings. The van der Waals surface area contributed by atoms with Gasteiger partial charge in [0.2, 0.25) is 0 Å². The van der Waals surface area contributed by atoms with Gasteiger partial charge in [-0.3, -0.25) is 0 Å². The maximum atomic E-state index is 12.9. The molecule has 0 saturated heterocycles. The predicted molar refractivity (Wildman–Crippen MR) is 69.6 cm³/mol. The summed E-state index contributed by atoms with van der Waals surface area (Å²) >= 11 is 0. The lowest BCUT2D eigenvalue weighted by Crippen LogP contribution is -2.49. The highest BCUT2D eigenvalue weighted by Crippen LogP contribution is 2.38. The highest BCUT2D eigenvalue weighted by molar-refractivity contribution is 5.46. The zero-order valence-electron chi connectivity index (χ0n) is 10.6. The van der Waals surface area contributed by atoms with Gasteiger partial charge in [-0.05, 0) is 56.9 Å². The third kappa shape index (κ3) is 2.97. The molecule has 0 radical (unpaired) electrons. The average Bonchev–Trinajstić information content (AvgIpc) is 3.11. The molecule has 0 amide bonds. The van der Waals surface area contributed by atoms with Gasteiger partial charge in [-0.2, -0.15) is 0 Å². The average molecular weight is 236 g/mol. The normalized spacial score (nSPS) is 18.8. The number of halogens is 1. The van der Waals surface area contributed by atoms with Crippen LogP contribution in [0.2, 0.25) is 0 Å². The Balaban J connectivity index is 2.08. The molecule has 0 heterocycles. The fourth-order valence-corrected chi connectivity index (χ4v) is 2.32. The fourth-order valence-electron chi connectivity index (χ4n) is 2.32. The van der Waals surface area contributed by atoms with Gasteiger partial charge in [0.15, 0.2) is 0 Å². The molecule has 0 aromatic heterocycles. The molecule has 0 spiro atoms. The minimum atomic E-state index is -0.192. The van der Waals surface area contributed by atoms with E-state index in [1.807, 2.05) is 12.1 Å². The summed E-state index contributed by atoms with van der Waals surface area (Å²) in [4.78, 5) is 2.22. The number of hydrogen-bond donors (Lipinski definition) is 1. The molecule has 3 heteroatoms. The number of hydrogen-bond acceptors (Lipinski definition) is 2. The summed E-state index contributed by atoms with van der Waals surface area (Å²) in [6, 6.07) is 6.65. The molecule has 1 unspecified atom stereocenters. The van der Waals surface area contributed by atoms with E-state index in [9.17, 15) is 4.39 Å². The topological polar surface area (TPSA) is 29.3 Å². The molecule has 1 atom stereocenters. The van der Waals surface area contributed by atoms with Gasteiger partial charge in [-0.25, -0.2) is 4.39 Å². The van der Waals surface area contributed by atoms with Gasteiger partial charge in [-0.15, -0.1) is 0 Å². The van der Waals surface area contributed by atoms with E-state index in [1.165, 1.54) is 25.0 Å². The second kappa shape index (κ2) is 4.65.